The van der Waals surface area contributed by atoms with Crippen LogP contribution in [0, 0.1) is 13.8 Å². The summed E-state index contributed by atoms with van der Waals surface area (Å²) in [6, 6.07) is 18.2. The minimum atomic E-state index is -3.76. The number of carbonyl (C=O) groups excluding carboxylic acids is 1. The van der Waals surface area contributed by atoms with Crippen LogP contribution in [0.2, 0.25) is 5.02 Å². The quantitative estimate of drug-likeness (QED) is 0.616. The van der Waals surface area contributed by atoms with E-state index in [-0.39, 0.29) is 10.8 Å². The Bertz CT molecular complexity index is 1130. The van der Waals surface area contributed by atoms with Gasteiger partial charge in [-0.15, -0.1) is 0 Å². The number of nitrogens with one attached hydrogen (secondary N) is 2. The molecule has 0 fully saturated rings. The van der Waals surface area contributed by atoms with Crippen LogP contribution in [-0.2, 0) is 10.0 Å². The monoisotopic (exact) mass is 414 g/mol. The van der Waals surface area contributed by atoms with Gasteiger partial charge < -0.3 is 5.32 Å². The van der Waals surface area contributed by atoms with Gasteiger partial charge in [0, 0.05) is 16.3 Å². The van der Waals surface area contributed by atoms with Crippen LogP contribution in [0.3, 0.4) is 0 Å². The Balaban J connectivity index is 1.76. The topological polar surface area (TPSA) is 75.3 Å². The molecule has 0 atom stereocenters. The molecule has 0 aliphatic carbocycles. The molecule has 0 saturated heterocycles. The van der Waals surface area contributed by atoms with Gasteiger partial charge in [-0.1, -0.05) is 29.8 Å². The number of aryl methyl sites for hydroxylation is 2. The normalized spacial score (nSPS) is 11.1. The van der Waals surface area contributed by atoms with E-state index in [4.69, 9.17) is 11.6 Å². The molecule has 3 aromatic rings. The Morgan fingerprint density at radius 3 is 2.21 bits per heavy atom. The highest BCUT2D eigenvalue weighted by atomic mass is 35.5. The van der Waals surface area contributed by atoms with Crippen LogP contribution < -0.4 is 10.0 Å². The number of carbonyl (C=O) groups is 1. The number of benzene rings is 3. The maximum atomic E-state index is 12.6. The zero-order valence-corrected chi connectivity index (χ0v) is 16.9. The zero-order valence-electron chi connectivity index (χ0n) is 15.4. The van der Waals surface area contributed by atoms with Crippen molar-refractivity contribution in [1.82, 2.24) is 0 Å². The van der Waals surface area contributed by atoms with E-state index in [1.807, 2.05) is 19.1 Å². The maximum Gasteiger partial charge on any atom is 0.261 e. The predicted octanol–water partition coefficient (Wildman–Crippen LogP) is 5.01. The van der Waals surface area contributed by atoms with Gasteiger partial charge in [-0.2, -0.15) is 0 Å². The van der Waals surface area contributed by atoms with Crippen LogP contribution in [0.15, 0.2) is 71.6 Å². The number of anilines is 2. The van der Waals surface area contributed by atoms with Crippen molar-refractivity contribution in [1.29, 1.82) is 0 Å². The molecule has 0 aliphatic heterocycles. The largest absolute Gasteiger partial charge is 0.322 e. The smallest absolute Gasteiger partial charge is 0.261 e. The molecule has 1 amide bonds. The first-order valence-corrected chi connectivity index (χ1v) is 10.4. The second-order valence-electron chi connectivity index (χ2n) is 6.36. The first kappa shape index (κ1) is 19.9. The van der Waals surface area contributed by atoms with Gasteiger partial charge in [0.15, 0.2) is 0 Å². The van der Waals surface area contributed by atoms with Crippen molar-refractivity contribution in [3.05, 3.63) is 88.4 Å². The summed E-state index contributed by atoms with van der Waals surface area (Å²) in [6.07, 6.45) is 0. The average Bonchev–Trinajstić information content (AvgIpc) is 2.65. The standard InChI is InChI=1S/C21H19ClN2O3S/c1-14-5-3-4-6-19(14)21(25)23-17-8-10-18(11-9-17)28(26,27)24-20-12-7-16(22)13-15(20)2/h3-13,24H,1-2H3,(H,23,25). The van der Waals surface area contributed by atoms with Crippen LogP contribution in [-0.4, -0.2) is 14.3 Å². The van der Waals surface area contributed by atoms with E-state index in [9.17, 15) is 13.2 Å². The Morgan fingerprint density at radius 2 is 1.57 bits per heavy atom. The van der Waals surface area contributed by atoms with Gasteiger partial charge in [0.2, 0.25) is 0 Å². The fourth-order valence-corrected chi connectivity index (χ4v) is 4.05. The molecule has 0 heterocycles. The van der Waals surface area contributed by atoms with Gasteiger partial charge >= 0.3 is 0 Å². The van der Waals surface area contributed by atoms with E-state index >= 15 is 0 Å². The molecule has 3 rings (SSSR count). The third-order valence-corrected chi connectivity index (χ3v) is 5.86. The molecule has 0 bridgehead atoms. The highest BCUT2D eigenvalue weighted by molar-refractivity contribution is 7.92. The third kappa shape index (κ3) is 4.52. The molecular weight excluding hydrogens is 396 g/mol. The Morgan fingerprint density at radius 1 is 0.893 bits per heavy atom. The van der Waals surface area contributed by atoms with Crippen molar-refractivity contribution in [3.63, 3.8) is 0 Å². The first-order chi connectivity index (χ1) is 13.3. The van der Waals surface area contributed by atoms with E-state index in [1.54, 1.807) is 49.4 Å². The highest BCUT2D eigenvalue weighted by Crippen LogP contribution is 2.23. The van der Waals surface area contributed by atoms with Crippen LogP contribution >= 0.6 is 11.6 Å². The Hall–Kier alpha value is -2.83. The van der Waals surface area contributed by atoms with Gasteiger partial charge in [0.1, 0.15) is 0 Å². The molecule has 0 aromatic heterocycles. The minimum Gasteiger partial charge on any atom is -0.322 e. The van der Waals surface area contributed by atoms with Crippen LogP contribution in [0.4, 0.5) is 11.4 Å². The van der Waals surface area contributed by atoms with Crippen LogP contribution in [0.25, 0.3) is 0 Å². The van der Waals surface area contributed by atoms with E-state index in [1.165, 1.54) is 12.1 Å². The fraction of sp³-hybridized carbons (Fsp3) is 0.0952. The Labute approximate surface area is 169 Å². The molecule has 144 valence electrons. The van der Waals surface area contributed by atoms with Crippen molar-refractivity contribution in [2.75, 3.05) is 10.0 Å². The van der Waals surface area contributed by atoms with Crippen molar-refractivity contribution >= 4 is 38.9 Å². The lowest BCUT2D eigenvalue weighted by Gasteiger charge is -2.12. The highest BCUT2D eigenvalue weighted by Gasteiger charge is 2.16. The first-order valence-electron chi connectivity index (χ1n) is 8.52. The number of rotatable bonds is 5. The van der Waals surface area contributed by atoms with Crippen molar-refractivity contribution in [3.8, 4) is 0 Å². The predicted molar refractivity (Wildman–Crippen MR) is 113 cm³/mol. The molecule has 2 N–H and O–H groups in total. The molecule has 28 heavy (non-hydrogen) atoms. The summed E-state index contributed by atoms with van der Waals surface area (Å²) >= 11 is 5.91. The van der Waals surface area contributed by atoms with E-state index in [0.717, 1.165) is 11.1 Å². The van der Waals surface area contributed by atoms with Crippen molar-refractivity contribution in [2.24, 2.45) is 0 Å². The average molecular weight is 415 g/mol. The zero-order chi connectivity index (χ0) is 20.3. The minimum absolute atomic E-state index is 0.0933. The summed E-state index contributed by atoms with van der Waals surface area (Å²) in [6.45, 7) is 3.63. The summed E-state index contributed by atoms with van der Waals surface area (Å²) in [5.41, 5.74) is 3.12. The van der Waals surface area contributed by atoms with Gasteiger partial charge in [-0.05, 0) is 73.5 Å². The molecular formula is C21H19ClN2O3S. The SMILES string of the molecule is Cc1cc(Cl)ccc1NS(=O)(=O)c1ccc(NC(=O)c2ccccc2C)cc1. The molecule has 3 aromatic carbocycles. The summed E-state index contributed by atoms with van der Waals surface area (Å²) in [5.74, 6) is -0.247. The number of amides is 1. The van der Waals surface area contributed by atoms with Gasteiger partial charge in [-0.25, -0.2) is 8.42 Å². The molecule has 5 nitrogen and oxygen atoms in total. The van der Waals surface area contributed by atoms with E-state index in [0.29, 0.717) is 22.0 Å². The van der Waals surface area contributed by atoms with Gasteiger partial charge in [-0.3, -0.25) is 9.52 Å². The van der Waals surface area contributed by atoms with E-state index < -0.39 is 10.0 Å². The number of hydrogen-bond donors (Lipinski definition) is 2. The summed E-state index contributed by atoms with van der Waals surface area (Å²) in [5, 5.41) is 3.31. The van der Waals surface area contributed by atoms with Crippen molar-refractivity contribution < 1.29 is 13.2 Å². The van der Waals surface area contributed by atoms with Gasteiger partial charge in [0.05, 0.1) is 10.6 Å². The second-order valence-corrected chi connectivity index (χ2v) is 8.48. The lowest BCUT2D eigenvalue weighted by molar-refractivity contribution is 0.102. The molecule has 0 spiro atoms. The second kappa shape index (κ2) is 8.04. The maximum absolute atomic E-state index is 12.6. The van der Waals surface area contributed by atoms with Crippen LogP contribution in [0.1, 0.15) is 21.5 Å². The van der Waals surface area contributed by atoms with Crippen LogP contribution in [0.5, 0.6) is 0 Å². The molecule has 0 aliphatic rings. The summed E-state index contributed by atoms with van der Waals surface area (Å²) < 4.78 is 27.8. The number of halogens is 1. The lowest BCUT2D eigenvalue weighted by Crippen LogP contribution is -2.15. The molecule has 0 saturated carbocycles. The fourth-order valence-electron chi connectivity index (χ4n) is 2.69. The summed E-state index contributed by atoms with van der Waals surface area (Å²) in [7, 11) is -3.76. The third-order valence-electron chi connectivity index (χ3n) is 4.24. The molecule has 0 radical (unpaired) electrons. The number of sulfonamides is 1. The summed E-state index contributed by atoms with van der Waals surface area (Å²) in [4.78, 5) is 12.5. The molecule has 0 unspecified atom stereocenters. The number of hydrogen-bond acceptors (Lipinski definition) is 3. The van der Waals surface area contributed by atoms with E-state index in [2.05, 4.69) is 10.0 Å². The Kier molecular flexibility index (Phi) is 5.72. The van der Waals surface area contributed by atoms with Crippen molar-refractivity contribution in [2.45, 2.75) is 18.7 Å². The van der Waals surface area contributed by atoms with Gasteiger partial charge in [0.25, 0.3) is 15.9 Å². The lowest BCUT2D eigenvalue weighted by atomic mass is 10.1. The molecule has 7 heteroatoms.